The molecule has 18 heteroatoms. The Morgan fingerprint density at radius 1 is 1.10 bits per heavy atom. The number of rotatable bonds is 9. The van der Waals surface area contributed by atoms with Crippen LogP contribution < -0.4 is 10.9 Å². The molecule has 2 unspecified atom stereocenters. The molecule has 0 spiro atoms. The van der Waals surface area contributed by atoms with Gasteiger partial charge in [0.25, 0.3) is 11.5 Å². The summed E-state index contributed by atoms with van der Waals surface area (Å²) >= 11 is 6.08. The number of amides is 2. The van der Waals surface area contributed by atoms with Gasteiger partial charge in [-0.25, -0.2) is 4.98 Å². The molecule has 2 amide bonds. The Hall–Kier alpha value is -5.65. The van der Waals surface area contributed by atoms with Gasteiger partial charge in [-0.1, -0.05) is 44.0 Å². The first-order chi connectivity index (χ1) is 28.6. The number of aryl methyl sites for hydroxylation is 2. The number of benzene rings is 1. The molecule has 60 heavy (non-hydrogen) atoms. The number of nitrogens with one attached hydrogen (secondary N) is 1. The van der Waals surface area contributed by atoms with Crippen molar-refractivity contribution in [2.75, 3.05) is 25.1 Å². The number of carbonyl (C=O) groups is 2. The monoisotopic (exact) mass is 852 g/mol. The first kappa shape index (κ1) is 45.4. The number of halogens is 4. The molecule has 0 saturated carbocycles. The van der Waals surface area contributed by atoms with Crippen molar-refractivity contribution < 1.29 is 37.3 Å². The number of hydrogen-bond donors (Lipinski definition) is 2. The first-order valence-electron chi connectivity index (χ1n) is 19.5. The second-order valence-corrected chi connectivity index (χ2v) is 14.6. The summed E-state index contributed by atoms with van der Waals surface area (Å²) in [5.41, 5.74) is 2.11. The molecule has 1 aromatic carbocycles. The fraction of sp³-hybridized carbons (Fsp3) is 0.405. The second kappa shape index (κ2) is 20.1. The van der Waals surface area contributed by atoms with Crippen LogP contribution in [0.15, 0.2) is 65.7 Å². The maximum Gasteiger partial charge on any atom is 0.416 e. The third-order valence-electron chi connectivity index (χ3n) is 9.71. The molecule has 2 atom stereocenters. The van der Waals surface area contributed by atoms with E-state index < -0.39 is 47.8 Å². The minimum atomic E-state index is -4.62. The van der Waals surface area contributed by atoms with E-state index in [2.05, 4.69) is 52.2 Å². The van der Waals surface area contributed by atoms with Crippen LogP contribution >= 0.6 is 11.6 Å². The number of fused-ring (bicyclic) bond motifs is 2. The lowest BCUT2D eigenvalue weighted by Crippen LogP contribution is -2.40. The van der Waals surface area contributed by atoms with Gasteiger partial charge in [-0.15, -0.1) is 5.10 Å². The number of nitrogens with zero attached hydrogens (tertiary/aromatic N) is 7. The lowest BCUT2D eigenvalue weighted by molar-refractivity contribution is -0.137. The van der Waals surface area contributed by atoms with Gasteiger partial charge in [-0.05, 0) is 88.1 Å². The Kier molecular flexibility index (Phi) is 15.2. The molecule has 0 bridgehead atoms. The van der Waals surface area contributed by atoms with Crippen molar-refractivity contribution >= 4 is 40.5 Å². The van der Waals surface area contributed by atoms with E-state index in [0.29, 0.717) is 25.3 Å². The number of aromatic hydroxyl groups is 1. The Morgan fingerprint density at radius 3 is 2.42 bits per heavy atom. The van der Waals surface area contributed by atoms with E-state index in [1.165, 1.54) is 39.8 Å². The van der Waals surface area contributed by atoms with Gasteiger partial charge in [0, 0.05) is 30.7 Å². The Morgan fingerprint density at radius 2 is 1.82 bits per heavy atom. The number of pyridine rings is 2. The molecule has 5 aromatic rings. The summed E-state index contributed by atoms with van der Waals surface area (Å²) in [6.07, 6.45) is 1.53. The molecule has 0 aliphatic carbocycles. The van der Waals surface area contributed by atoms with Gasteiger partial charge in [0.2, 0.25) is 11.7 Å². The highest BCUT2D eigenvalue weighted by molar-refractivity contribution is 6.33. The van der Waals surface area contributed by atoms with E-state index in [4.69, 9.17) is 21.1 Å². The number of anilines is 1. The maximum absolute atomic E-state index is 14.0. The van der Waals surface area contributed by atoms with Crippen LogP contribution in [0.3, 0.4) is 0 Å². The third kappa shape index (κ3) is 10.6. The quantitative estimate of drug-likeness (QED) is 0.150. The summed E-state index contributed by atoms with van der Waals surface area (Å²) in [5, 5.41) is 16.9. The van der Waals surface area contributed by atoms with Gasteiger partial charge in [0.05, 0.1) is 53.5 Å². The molecule has 6 heterocycles. The summed E-state index contributed by atoms with van der Waals surface area (Å²) in [6.45, 7) is 12.5. The van der Waals surface area contributed by atoms with Crippen LogP contribution in [0.5, 0.6) is 5.75 Å². The maximum atomic E-state index is 14.0. The highest BCUT2D eigenvalue weighted by atomic mass is 35.5. The second-order valence-electron chi connectivity index (χ2n) is 14.2. The molecule has 7 rings (SSSR count). The summed E-state index contributed by atoms with van der Waals surface area (Å²) in [4.78, 5) is 54.9. The normalized spacial score (nSPS) is 15.2. The van der Waals surface area contributed by atoms with Gasteiger partial charge < -0.3 is 29.4 Å². The van der Waals surface area contributed by atoms with Crippen molar-refractivity contribution in [2.45, 2.75) is 92.3 Å². The van der Waals surface area contributed by atoms with Crippen LogP contribution in [0.1, 0.15) is 97.5 Å². The highest BCUT2D eigenvalue weighted by Gasteiger charge is 2.36. The van der Waals surface area contributed by atoms with E-state index in [-0.39, 0.29) is 58.9 Å². The average Bonchev–Trinajstić information content (AvgIpc) is 3.85. The number of aromatic nitrogens is 6. The van der Waals surface area contributed by atoms with Gasteiger partial charge in [-0.2, -0.15) is 22.7 Å². The standard InChI is InChI=1S/C32H31ClF3N7O6.C7H9N.C3H8/c1-3-41(30(47)27-23(44)5-4-10-37-27)17(2)13-24-26-22(16-49-24)42(15-25(45)38-21-7-6-19(14-20(21)33)32(34,35)36)31-39-28(40-43(31)29(26)46)18-8-11-48-12-9-18;1-6-4-3-5-8-7(6)2;1-3-2/h4-8,10,14,17,24,44H,3,9,11-13,15-16H2,1-2H3,(H,38,45);3-5H,1-2H3;3H2,1-2H3. The summed E-state index contributed by atoms with van der Waals surface area (Å²) in [7, 11) is 0. The Balaban J connectivity index is 0.000000544. The summed E-state index contributed by atoms with van der Waals surface area (Å²) in [5.74, 6) is -1.06. The van der Waals surface area contributed by atoms with Crippen LogP contribution in [-0.4, -0.2) is 76.8 Å². The van der Waals surface area contributed by atoms with Gasteiger partial charge in [-0.3, -0.25) is 19.4 Å². The van der Waals surface area contributed by atoms with Crippen LogP contribution in [0.2, 0.25) is 5.02 Å². The predicted octanol–water partition coefficient (Wildman–Crippen LogP) is 7.73. The topological polar surface area (TPSA) is 166 Å². The van der Waals surface area contributed by atoms with Crippen molar-refractivity contribution in [1.82, 2.24) is 34.0 Å². The Bertz CT molecular complexity index is 2400. The van der Waals surface area contributed by atoms with Crippen LogP contribution in [0.4, 0.5) is 18.9 Å². The van der Waals surface area contributed by atoms with E-state index in [1.54, 1.807) is 13.8 Å². The van der Waals surface area contributed by atoms with Crippen molar-refractivity contribution in [3.63, 3.8) is 0 Å². The van der Waals surface area contributed by atoms with Crippen LogP contribution in [0, 0.1) is 13.8 Å². The minimum Gasteiger partial charge on any atom is -0.505 e. The minimum absolute atomic E-state index is 0.0332. The molecule has 0 saturated heterocycles. The molecular formula is C42H48ClF3N8O6. The fourth-order valence-corrected chi connectivity index (χ4v) is 6.79. The molecule has 2 aliphatic heterocycles. The van der Waals surface area contributed by atoms with Crippen molar-refractivity contribution in [2.24, 2.45) is 0 Å². The predicted molar refractivity (Wildman–Crippen MR) is 220 cm³/mol. The van der Waals surface area contributed by atoms with Crippen molar-refractivity contribution in [3.8, 4) is 5.75 Å². The number of carbonyl (C=O) groups excluding carboxylic acids is 2. The summed E-state index contributed by atoms with van der Waals surface area (Å²) in [6, 6.07) is 8.99. The smallest absolute Gasteiger partial charge is 0.416 e. The largest absolute Gasteiger partial charge is 0.505 e. The molecule has 0 radical (unpaired) electrons. The molecule has 0 fully saturated rings. The number of hydrogen-bond acceptors (Lipinski definition) is 10. The molecule has 320 valence electrons. The zero-order valence-electron chi connectivity index (χ0n) is 34.2. The molecule has 2 aliphatic rings. The van der Waals surface area contributed by atoms with Gasteiger partial charge in [0.1, 0.15) is 12.3 Å². The lowest BCUT2D eigenvalue weighted by atomic mass is 10.0. The first-order valence-corrected chi connectivity index (χ1v) is 19.9. The molecular weight excluding hydrogens is 805 g/mol. The molecule has 14 nitrogen and oxygen atoms in total. The van der Waals surface area contributed by atoms with Gasteiger partial charge in [0.15, 0.2) is 11.5 Å². The van der Waals surface area contributed by atoms with E-state index >= 15 is 0 Å². The van der Waals surface area contributed by atoms with E-state index in [0.717, 1.165) is 34.0 Å². The molecule has 2 N–H and O–H groups in total. The van der Waals surface area contributed by atoms with E-state index in [9.17, 15) is 32.7 Å². The van der Waals surface area contributed by atoms with E-state index in [1.807, 2.05) is 25.3 Å². The van der Waals surface area contributed by atoms with Crippen LogP contribution in [0.25, 0.3) is 11.4 Å². The van der Waals surface area contributed by atoms with Crippen molar-refractivity contribution in [3.05, 3.63) is 116 Å². The zero-order chi connectivity index (χ0) is 43.7. The SMILES string of the molecule is CCC.CCN(C(=O)c1ncccc1O)C(C)CC1OCc2c1c(=O)n1nc(C3=CCOCC3)nc1n2CC(=O)Nc1ccc(C(F)(F)F)cc1Cl.Cc1cccnc1C. The lowest BCUT2D eigenvalue weighted by Gasteiger charge is -2.29. The van der Waals surface area contributed by atoms with Crippen molar-refractivity contribution in [1.29, 1.82) is 0 Å². The molecule has 4 aromatic heterocycles. The zero-order valence-corrected chi connectivity index (χ0v) is 35.0. The third-order valence-corrected chi connectivity index (χ3v) is 10.0. The van der Waals surface area contributed by atoms with Gasteiger partial charge >= 0.3 is 6.18 Å². The number of alkyl halides is 3. The summed E-state index contributed by atoms with van der Waals surface area (Å²) < 4.78 is 53.5. The van der Waals surface area contributed by atoms with Crippen LogP contribution in [-0.2, 0) is 33.6 Å². The highest BCUT2D eigenvalue weighted by Crippen LogP contribution is 2.36. The average molecular weight is 853 g/mol. The number of ether oxygens (including phenoxy) is 2. The fourth-order valence-electron chi connectivity index (χ4n) is 6.56. The Labute approximate surface area is 350 Å².